The van der Waals surface area contributed by atoms with E-state index in [2.05, 4.69) is 25.5 Å². The van der Waals surface area contributed by atoms with Crippen molar-refractivity contribution < 1.29 is 14.0 Å². The highest BCUT2D eigenvalue weighted by molar-refractivity contribution is 6.01. The molecule has 2 amide bonds. The van der Waals surface area contributed by atoms with Gasteiger partial charge in [-0.1, -0.05) is 44.2 Å². The summed E-state index contributed by atoms with van der Waals surface area (Å²) in [6, 6.07) is 8.84. The zero-order valence-electron chi connectivity index (χ0n) is 16.9. The molecule has 9 nitrogen and oxygen atoms in total. The summed E-state index contributed by atoms with van der Waals surface area (Å²) in [4.78, 5) is 35.9. The first-order chi connectivity index (χ1) is 14.5. The summed E-state index contributed by atoms with van der Waals surface area (Å²) < 4.78 is 5.52. The molecule has 1 aliphatic rings. The smallest absolute Gasteiger partial charge is 0.309 e. The standard InChI is InChI=1S/C21H22N6O3/c1-12-13(2)17(21(29)27(3)18-16(12)22-9-10-23-18)24-19(28)20-26-25-15(30-20)11-14-7-5-4-6-8-14/h4-10,12-13,17H,11H2,1-3H3,(H,24,28)/t12-,13+,17+/m0/s1. The predicted octanol–water partition coefficient (Wildman–Crippen LogP) is 1.96. The lowest BCUT2D eigenvalue weighted by atomic mass is 9.87. The average molecular weight is 406 g/mol. The molecule has 0 bridgehead atoms. The summed E-state index contributed by atoms with van der Waals surface area (Å²) in [5.41, 5.74) is 1.72. The number of nitrogens with one attached hydrogen (secondary N) is 1. The molecule has 0 radical (unpaired) electrons. The molecule has 0 saturated heterocycles. The third kappa shape index (κ3) is 3.66. The lowest BCUT2D eigenvalue weighted by Gasteiger charge is -2.25. The molecular formula is C21H22N6O3. The van der Waals surface area contributed by atoms with Crippen LogP contribution in [0.2, 0.25) is 0 Å². The Morgan fingerprint density at radius 3 is 2.63 bits per heavy atom. The molecule has 2 aromatic heterocycles. The van der Waals surface area contributed by atoms with Gasteiger partial charge in [0, 0.05) is 25.4 Å². The normalized spacial score (nSPS) is 21.1. The van der Waals surface area contributed by atoms with Gasteiger partial charge in [0.25, 0.3) is 5.91 Å². The minimum Gasteiger partial charge on any atom is -0.417 e. The average Bonchev–Trinajstić information content (AvgIpc) is 3.22. The molecule has 9 heteroatoms. The molecule has 1 aliphatic heterocycles. The highest BCUT2D eigenvalue weighted by Crippen LogP contribution is 2.34. The molecule has 154 valence electrons. The van der Waals surface area contributed by atoms with E-state index in [1.54, 1.807) is 19.4 Å². The van der Waals surface area contributed by atoms with Crippen LogP contribution < -0.4 is 10.2 Å². The lowest BCUT2D eigenvalue weighted by molar-refractivity contribution is -0.121. The summed E-state index contributed by atoms with van der Waals surface area (Å²) in [6.45, 7) is 3.87. The Labute approximate surface area is 173 Å². The van der Waals surface area contributed by atoms with Crippen LogP contribution in [0.5, 0.6) is 0 Å². The molecule has 0 spiro atoms. The molecule has 3 atom stereocenters. The Kier molecular flexibility index (Phi) is 5.26. The van der Waals surface area contributed by atoms with Crippen LogP contribution in [-0.2, 0) is 11.2 Å². The van der Waals surface area contributed by atoms with Crippen LogP contribution >= 0.6 is 0 Å². The number of anilines is 1. The number of benzene rings is 1. The Morgan fingerprint density at radius 1 is 1.13 bits per heavy atom. The summed E-state index contributed by atoms with van der Waals surface area (Å²) >= 11 is 0. The van der Waals surface area contributed by atoms with Crippen molar-refractivity contribution in [2.45, 2.75) is 32.2 Å². The van der Waals surface area contributed by atoms with E-state index in [-0.39, 0.29) is 23.6 Å². The molecule has 4 rings (SSSR count). The summed E-state index contributed by atoms with van der Waals surface area (Å²) in [5, 5.41) is 10.6. The quantitative estimate of drug-likeness (QED) is 0.704. The van der Waals surface area contributed by atoms with E-state index in [0.717, 1.165) is 11.3 Å². The van der Waals surface area contributed by atoms with E-state index >= 15 is 0 Å². The van der Waals surface area contributed by atoms with Crippen molar-refractivity contribution in [2.24, 2.45) is 5.92 Å². The Morgan fingerprint density at radius 2 is 1.87 bits per heavy atom. The number of carbonyl (C=O) groups is 2. The van der Waals surface area contributed by atoms with Gasteiger partial charge in [-0.2, -0.15) is 0 Å². The fourth-order valence-corrected chi connectivity index (χ4v) is 3.58. The minimum atomic E-state index is -0.780. The number of amides is 2. The second kappa shape index (κ2) is 8.02. The van der Waals surface area contributed by atoms with Gasteiger partial charge in [-0.3, -0.25) is 19.5 Å². The van der Waals surface area contributed by atoms with Gasteiger partial charge in [0.15, 0.2) is 5.82 Å². The molecule has 3 aromatic rings. The van der Waals surface area contributed by atoms with E-state index in [4.69, 9.17) is 4.42 Å². The first kappa shape index (κ1) is 19.7. The summed E-state index contributed by atoms with van der Waals surface area (Å²) in [6.07, 6.45) is 3.57. The van der Waals surface area contributed by atoms with Gasteiger partial charge in [-0.25, -0.2) is 4.98 Å². The summed E-state index contributed by atoms with van der Waals surface area (Å²) in [7, 11) is 1.63. The number of carbonyl (C=O) groups excluding carboxylic acids is 2. The molecule has 3 heterocycles. The van der Waals surface area contributed by atoms with Crippen molar-refractivity contribution in [2.75, 3.05) is 11.9 Å². The number of rotatable bonds is 4. The Hall–Kier alpha value is -3.62. The van der Waals surface area contributed by atoms with E-state index in [1.807, 2.05) is 44.2 Å². The maximum absolute atomic E-state index is 13.1. The number of likely N-dealkylation sites (N-methyl/N-ethyl adjacent to an activating group) is 1. The van der Waals surface area contributed by atoms with Crippen LogP contribution in [0.25, 0.3) is 0 Å². The maximum atomic E-state index is 13.1. The van der Waals surface area contributed by atoms with Crippen LogP contribution in [0.15, 0.2) is 47.1 Å². The largest absolute Gasteiger partial charge is 0.417 e. The fourth-order valence-electron chi connectivity index (χ4n) is 3.58. The lowest BCUT2D eigenvalue weighted by Crippen LogP contribution is -2.50. The monoisotopic (exact) mass is 406 g/mol. The topological polar surface area (TPSA) is 114 Å². The SMILES string of the molecule is C[C@@H]1[C@H](C)c2nccnc2N(C)C(=O)[C@@H]1NC(=O)c1nnc(Cc2ccccc2)o1. The zero-order chi connectivity index (χ0) is 21.3. The molecule has 30 heavy (non-hydrogen) atoms. The highest BCUT2D eigenvalue weighted by atomic mass is 16.4. The molecule has 0 unspecified atom stereocenters. The first-order valence-corrected chi connectivity index (χ1v) is 9.71. The Balaban J connectivity index is 1.52. The molecule has 0 fully saturated rings. The zero-order valence-corrected chi connectivity index (χ0v) is 16.9. The molecule has 0 saturated carbocycles. The van der Waals surface area contributed by atoms with Crippen molar-refractivity contribution in [1.82, 2.24) is 25.5 Å². The van der Waals surface area contributed by atoms with Gasteiger partial charge in [0.2, 0.25) is 5.89 Å². The van der Waals surface area contributed by atoms with Gasteiger partial charge in [0.05, 0.1) is 12.1 Å². The maximum Gasteiger partial charge on any atom is 0.309 e. The molecule has 1 N–H and O–H groups in total. The molecule has 0 aliphatic carbocycles. The van der Waals surface area contributed by atoms with Crippen LogP contribution in [0.4, 0.5) is 5.82 Å². The van der Waals surface area contributed by atoms with Crippen LogP contribution in [0.3, 0.4) is 0 Å². The fraction of sp³-hybridized carbons (Fsp3) is 0.333. The number of hydrogen-bond acceptors (Lipinski definition) is 7. The van der Waals surface area contributed by atoms with Gasteiger partial charge >= 0.3 is 11.8 Å². The van der Waals surface area contributed by atoms with Crippen molar-refractivity contribution in [3.8, 4) is 0 Å². The third-order valence-corrected chi connectivity index (χ3v) is 5.51. The molecule has 1 aromatic carbocycles. The minimum absolute atomic E-state index is 0.0933. The van der Waals surface area contributed by atoms with Crippen molar-refractivity contribution in [3.63, 3.8) is 0 Å². The second-order valence-electron chi connectivity index (χ2n) is 7.42. The van der Waals surface area contributed by atoms with E-state index in [0.29, 0.717) is 18.1 Å². The predicted molar refractivity (Wildman–Crippen MR) is 108 cm³/mol. The van der Waals surface area contributed by atoms with Crippen molar-refractivity contribution in [3.05, 3.63) is 65.8 Å². The highest BCUT2D eigenvalue weighted by Gasteiger charge is 2.40. The van der Waals surface area contributed by atoms with Gasteiger partial charge in [0.1, 0.15) is 6.04 Å². The second-order valence-corrected chi connectivity index (χ2v) is 7.42. The van der Waals surface area contributed by atoms with E-state index in [9.17, 15) is 9.59 Å². The van der Waals surface area contributed by atoms with Gasteiger partial charge in [-0.05, 0) is 11.5 Å². The van der Waals surface area contributed by atoms with Crippen molar-refractivity contribution in [1.29, 1.82) is 0 Å². The van der Waals surface area contributed by atoms with Crippen LogP contribution in [0.1, 0.15) is 47.6 Å². The van der Waals surface area contributed by atoms with Crippen LogP contribution in [0, 0.1) is 5.92 Å². The summed E-state index contributed by atoms with van der Waals surface area (Å²) in [5.74, 6) is -0.503. The number of nitrogens with zero attached hydrogens (tertiary/aromatic N) is 5. The molecular weight excluding hydrogens is 384 g/mol. The van der Waals surface area contributed by atoms with E-state index < -0.39 is 11.9 Å². The third-order valence-electron chi connectivity index (χ3n) is 5.51. The van der Waals surface area contributed by atoms with E-state index in [1.165, 1.54) is 4.90 Å². The number of aromatic nitrogens is 4. The number of fused-ring (bicyclic) bond motifs is 1. The van der Waals surface area contributed by atoms with Crippen LogP contribution in [-0.4, -0.2) is 45.1 Å². The van der Waals surface area contributed by atoms with Gasteiger partial charge < -0.3 is 9.73 Å². The van der Waals surface area contributed by atoms with Crippen molar-refractivity contribution >= 4 is 17.6 Å². The number of hydrogen-bond donors (Lipinski definition) is 1. The van der Waals surface area contributed by atoms with Gasteiger partial charge in [-0.15, -0.1) is 10.2 Å². The first-order valence-electron chi connectivity index (χ1n) is 9.71. The Bertz CT molecular complexity index is 1070.